The van der Waals surface area contributed by atoms with Crippen LogP contribution in [0, 0.1) is 0 Å². The number of methoxy groups -OCH3 is 1. The maximum Gasteiger partial charge on any atom is 0.253 e. The Bertz CT molecular complexity index is 1060. The molecule has 0 aromatic heterocycles. The normalized spacial score (nSPS) is 17.0. The highest BCUT2D eigenvalue weighted by Gasteiger charge is 2.40. The smallest absolute Gasteiger partial charge is 0.253 e. The predicted molar refractivity (Wildman–Crippen MR) is 133 cm³/mol. The van der Waals surface area contributed by atoms with Gasteiger partial charge in [-0.1, -0.05) is 0 Å². The minimum absolute atomic E-state index is 0.0800. The van der Waals surface area contributed by atoms with E-state index in [-0.39, 0.29) is 30.3 Å². The van der Waals surface area contributed by atoms with E-state index in [1.165, 1.54) is 0 Å². The first kappa shape index (κ1) is 23.6. The Morgan fingerprint density at radius 2 is 1.79 bits per heavy atom. The summed E-state index contributed by atoms with van der Waals surface area (Å²) in [6.45, 7) is 5.76. The van der Waals surface area contributed by atoms with Crippen LogP contribution in [0.5, 0.6) is 5.75 Å². The van der Waals surface area contributed by atoms with E-state index in [1.54, 1.807) is 47.2 Å². The van der Waals surface area contributed by atoms with Crippen LogP contribution in [0.3, 0.4) is 0 Å². The molecule has 34 heavy (non-hydrogen) atoms. The van der Waals surface area contributed by atoms with Gasteiger partial charge in [-0.3, -0.25) is 19.3 Å². The number of carbonyl (C=O) groups excluding carboxylic acids is 3. The summed E-state index contributed by atoms with van der Waals surface area (Å²) in [7, 11) is 1.58. The van der Waals surface area contributed by atoms with Crippen molar-refractivity contribution in [2.24, 2.45) is 0 Å². The van der Waals surface area contributed by atoms with Crippen molar-refractivity contribution < 1.29 is 19.1 Å². The molecule has 0 bridgehead atoms. The second kappa shape index (κ2) is 10.2. The summed E-state index contributed by atoms with van der Waals surface area (Å²) in [5.74, 6) is 0.225. The standard InChI is InChI=1S/C26H32N4O4/c1-4-28(5-2)25(32)18-9-14-21-23(16-18)30(26(33)22-8-6-7-15-29(21)22)17-24(31)27-19-10-12-20(34-3)13-11-19/h9-14,16,22H,4-8,15,17H2,1-3H3,(H,27,31). The molecule has 2 aromatic carbocycles. The molecule has 0 spiro atoms. The monoisotopic (exact) mass is 464 g/mol. The van der Waals surface area contributed by atoms with E-state index in [4.69, 9.17) is 4.74 Å². The lowest BCUT2D eigenvalue weighted by molar-refractivity contribution is -0.123. The SMILES string of the molecule is CCN(CC)C(=O)c1ccc2c(c1)N(CC(=O)Nc1ccc(OC)cc1)C(=O)C1CCCCN21. The van der Waals surface area contributed by atoms with Crippen LogP contribution in [0.4, 0.5) is 17.1 Å². The quantitative estimate of drug-likeness (QED) is 0.678. The van der Waals surface area contributed by atoms with Crippen molar-refractivity contribution in [1.29, 1.82) is 0 Å². The van der Waals surface area contributed by atoms with Gasteiger partial charge in [0.15, 0.2) is 0 Å². The maximum absolute atomic E-state index is 13.5. The Morgan fingerprint density at radius 3 is 2.47 bits per heavy atom. The zero-order valence-corrected chi connectivity index (χ0v) is 20.0. The van der Waals surface area contributed by atoms with Gasteiger partial charge in [-0.05, 0) is 75.6 Å². The van der Waals surface area contributed by atoms with Gasteiger partial charge in [0.1, 0.15) is 18.3 Å². The van der Waals surface area contributed by atoms with E-state index in [2.05, 4.69) is 10.2 Å². The number of benzene rings is 2. The summed E-state index contributed by atoms with van der Waals surface area (Å²) in [5, 5.41) is 2.86. The number of nitrogens with one attached hydrogen (secondary N) is 1. The summed E-state index contributed by atoms with van der Waals surface area (Å²) in [4.78, 5) is 44.9. The molecule has 1 fully saturated rings. The van der Waals surface area contributed by atoms with Crippen molar-refractivity contribution in [2.75, 3.05) is 48.4 Å². The molecule has 1 N–H and O–H groups in total. The summed E-state index contributed by atoms with van der Waals surface area (Å²) in [6, 6.07) is 12.3. The number of anilines is 3. The minimum atomic E-state index is -0.297. The number of hydrogen-bond donors (Lipinski definition) is 1. The molecule has 1 atom stereocenters. The average Bonchev–Trinajstić information content (AvgIpc) is 2.87. The average molecular weight is 465 g/mol. The van der Waals surface area contributed by atoms with Crippen LogP contribution >= 0.6 is 0 Å². The highest BCUT2D eigenvalue weighted by atomic mass is 16.5. The third-order valence-corrected chi connectivity index (χ3v) is 6.60. The van der Waals surface area contributed by atoms with Crippen molar-refractivity contribution in [3.05, 3.63) is 48.0 Å². The summed E-state index contributed by atoms with van der Waals surface area (Å²) < 4.78 is 5.16. The number of hydrogen-bond acceptors (Lipinski definition) is 5. The van der Waals surface area contributed by atoms with Crippen LogP contribution in [0.25, 0.3) is 0 Å². The van der Waals surface area contributed by atoms with Crippen LogP contribution in [-0.2, 0) is 9.59 Å². The molecule has 1 saturated heterocycles. The summed E-state index contributed by atoms with van der Waals surface area (Å²) in [6.07, 6.45) is 2.75. The number of nitrogens with zero attached hydrogens (tertiary/aromatic N) is 3. The van der Waals surface area contributed by atoms with Crippen molar-refractivity contribution >= 4 is 34.8 Å². The Balaban J connectivity index is 1.64. The van der Waals surface area contributed by atoms with E-state index in [9.17, 15) is 14.4 Å². The van der Waals surface area contributed by atoms with E-state index in [0.29, 0.717) is 35.8 Å². The maximum atomic E-state index is 13.5. The van der Waals surface area contributed by atoms with Gasteiger partial charge in [-0.15, -0.1) is 0 Å². The van der Waals surface area contributed by atoms with Gasteiger partial charge in [0, 0.05) is 30.9 Å². The van der Waals surface area contributed by atoms with E-state index >= 15 is 0 Å². The Labute approximate surface area is 200 Å². The molecule has 2 aliphatic heterocycles. The number of ether oxygens (including phenoxy) is 1. The van der Waals surface area contributed by atoms with Crippen molar-refractivity contribution in [1.82, 2.24) is 4.90 Å². The molecule has 2 aromatic rings. The molecule has 0 radical (unpaired) electrons. The van der Waals surface area contributed by atoms with Crippen molar-refractivity contribution in [3.8, 4) is 5.75 Å². The second-order valence-electron chi connectivity index (χ2n) is 8.59. The third kappa shape index (κ3) is 4.58. The predicted octanol–water partition coefficient (Wildman–Crippen LogP) is 3.52. The van der Waals surface area contributed by atoms with E-state index in [1.807, 2.05) is 26.0 Å². The van der Waals surface area contributed by atoms with Crippen molar-refractivity contribution in [3.63, 3.8) is 0 Å². The molecule has 8 heteroatoms. The largest absolute Gasteiger partial charge is 0.497 e. The zero-order valence-electron chi connectivity index (χ0n) is 20.0. The first-order valence-electron chi connectivity index (χ1n) is 11.9. The van der Waals surface area contributed by atoms with E-state index in [0.717, 1.165) is 31.5 Å². The molecule has 8 nitrogen and oxygen atoms in total. The molecular weight excluding hydrogens is 432 g/mol. The summed E-state index contributed by atoms with van der Waals surface area (Å²) >= 11 is 0. The number of carbonyl (C=O) groups is 3. The molecule has 0 saturated carbocycles. The first-order chi connectivity index (χ1) is 16.5. The van der Waals surface area contributed by atoms with Gasteiger partial charge >= 0.3 is 0 Å². The Morgan fingerprint density at radius 1 is 1.06 bits per heavy atom. The Hall–Kier alpha value is -3.55. The van der Waals surface area contributed by atoms with E-state index < -0.39 is 0 Å². The summed E-state index contributed by atoms with van der Waals surface area (Å²) in [5.41, 5.74) is 2.66. The van der Waals surface area contributed by atoms with Crippen LogP contribution in [0.1, 0.15) is 43.5 Å². The van der Waals surface area contributed by atoms with Crippen LogP contribution in [-0.4, -0.2) is 62.0 Å². The molecule has 4 rings (SSSR count). The fourth-order valence-electron chi connectivity index (χ4n) is 4.77. The molecule has 3 amide bonds. The topological polar surface area (TPSA) is 82.2 Å². The highest BCUT2D eigenvalue weighted by molar-refractivity contribution is 6.11. The number of fused-ring (bicyclic) bond motifs is 3. The minimum Gasteiger partial charge on any atom is -0.497 e. The van der Waals surface area contributed by atoms with Crippen LogP contribution in [0.15, 0.2) is 42.5 Å². The highest BCUT2D eigenvalue weighted by Crippen LogP contribution is 2.40. The fraction of sp³-hybridized carbons (Fsp3) is 0.423. The lowest BCUT2D eigenvalue weighted by Gasteiger charge is -2.45. The van der Waals surface area contributed by atoms with Crippen LogP contribution < -0.4 is 19.9 Å². The van der Waals surface area contributed by atoms with Gasteiger partial charge in [0.05, 0.1) is 18.5 Å². The van der Waals surface area contributed by atoms with Gasteiger partial charge in [-0.2, -0.15) is 0 Å². The lowest BCUT2D eigenvalue weighted by atomic mass is 9.95. The van der Waals surface area contributed by atoms with Gasteiger partial charge in [0.25, 0.3) is 5.91 Å². The molecule has 2 aliphatic rings. The van der Waals surface area contributed by atoms with Crippen molar-refractivity contribution in [2.45, 2.75) is 39.2 Å². The molecule has 1 unspecified atom stereocenters. The lowest BCUT2D eigenvalue weighted by Crippen LogP contribution is -2.56. The fourth-order valence-corrected chi connectivity index (χ4v) is 4.77. The zero-order chi connectivity index (χ0) is 24.2. The molecular formula is C26H32N4O4. The third-order valence-electron chi connectivity index (χ3n) is 6.60. The first-order valence-corrected chi connectivity index (χ1v) is 11.9. The Kier molecular flexibility index (Phi) is 7.05. The molecule has 180 valence electrons. The number of rotatable bonds is 7. The number of piperidine rings is 1. The number of amides is 3. The second-order valence-corrected chi connectivity index (χ2v) is 8.59. The van der Waals surface area contributed by atoms with Gasteiger partial charge in [-0.25, -0.2) is 0 Å². The molecule has 2 heterocycles. The van der Waals surface area contributed by atoms with Crippen LogP contribution in [0.2, 0.25) is 0 Å². The van der Waals surface area contributed by atoms with Gasteiger partial charge < -0.3 is 19.9 Å². The molecule has 0 aliphatic carbocycles. The van der Waals surface area contributed by atoms with Gasteiger partial charge in [0.2, 0.25) is 11.8 Å².